The van der Waals surface area contributed by atoms with Crippen LogP contribution in [-0.2, 0) is 17.6 Å². The van der Waals surface area contributed by atoms with Crippen LogP contribution in [0.2, 0.25) is 0 Å². The zero-order chi connectivity index (χ0) is 19.1. The third-order valence-corrected chi connectivity index (χ3v) is 5.10. The molecule has 0 saturated heterocycles. The summed E-state index contributed by atoms with van der Waals surface area (Å²) in [7, 11) is 0. The van der Waals surface area contributed by atoms with Crippen LogP contribution in [-0.4, -0.2) is 30.1 Å². The molecule has 2 aromatic rings. The molecule has 4 nitrogen and oxygen atoms in total. The summed E-state index contributed by atoms with van der Waals surface area (Å²) in [5, 5.41) is 13.8. The monoisotopic (exact) mass is 367 g/mol. The maximum Gasteiger partial charge on any atom is 0.130 e. The number of aliphatic hydroxyl groups is 1. The van der Waals surface area contributed by atoms with Crippen molar-refractivity contribution in [3.63, 3.8) is 0 Å². The van der Waals surface area contributed by atoms with Gasteiger partial charge in [0, 0.05) is 19.0 Å². The third-order valence-electron chi connectivity index (χ3n) is 5.10. The number of carbonyl (C=O) groups excluding carboxylic acids is 1. The highest BCUT2D eigenvalue weighted by Gasteiger charge is 2.20. The average Bonchev–Trinajstić information content (AvgIpc) is 2.69. The lowest BCUT2D eigenvalue weighted by atomic mass is 9.88. The first-order valence-corrected chi connectivity index (χ1v) is 9.82. The molecule has 0 heterocycles. The van der Waals surface area contributed by atoms with E-state index in [1.54, 1.807) is 6.92 Å². The molecule has 1 aliphatic carbocycles. The maximum absolute atomic E-state index is 11.0. The summed E-state index contributed by atoms with van der Waals surface area (Å²) in [6.07, 6.45) is 4.18. The summed E-state index contributed by atoms with van der Waals surface area (Å²) >= 11 is 0. The summed E-state index contributed by atoms with van der Waals surface area (Å²) < 4.78 is 5.70. The number of rotatable bonds is 9. The van der Waals surface area contributed by atoms with E-state index >= 15 is 0 Å². The molecule has 0 aliphatic heterocycles. The quantitative estimate of drug-likeness (QED) is 0.711. The molecule has 0 fully saturated rings. The standard InChI is InChI=1S/C23H29NO3/c1-17(25)9-10-18-11-13-21(14-12-18)27-16-20(26)15-24-23-8-4-6-19-5-2-3-7-22(19)23/h2-3,5,7,11-14,20,23-24,26H,4,6,8-10,15-16H2,1H3/t20-,23-/m0/s1. The van der Waals surface area contributed by atoms with Crippen molar-refractivity contribution in [2.75, 3.05) is 13.2 Å². The van der Waals surface area contributed by atoms with E-state index in [1.165, 1.54) is 17.5 Å². The first kappa shape index (κ1) is 19.6. The van der Waals surface area contributed by atoms with E-state index in [0.29, 0.717) is 19.0 Å². The van der Waals surface area contributed by atoms with Gasteiger partial charge in [0.05, 0.1) is 0 Å². The van der Waals surface area contributed by atoms with E-state index in [2.05, 4.69) is 29.6 Å². The van der Waals surface area contributed by atoms with Crippen molar-refractivity contribution in [2.24, 2.45) is 0 Å². The van der Waals surface area contributed by atoms with E-state index in [9.17, 15) is 9.90 Å². The fourth-order valence-corrected chi connectivity index (χ4v) is 3.57. The van der Waals surface area contributed by atoms with Crippen LogP contribution in [0.1, 0.15) is 48.9 Å². The highest BCUT2D eigenvalue weighted by molar-refractivity contribution is 5.75. The molecular formula is C23H29NO3. The molecule has 0 bridgehead atoms. The van der Waals surface area contributed by atoms with Gasteiger partial charge in [0.1, 0.15) is 24.2 Å². The Balaban J connectivity index is 1.42. The minimum Gasteiger partial charge on any atom is -0.491 e. The highest BCUT2D eigenvalue weighted by Crippen LogP contribution is 2.29. The smallest absolute Gasteiger partial charge is 0.130 e. The summed E-state index contributed by atoms with van der Waals surface area (Å²) in [6.45, 7) is 2.38. The Morgan fingerprint density at radius 1 is 1.22 bits per heavy atom. The molecule has 144 valence electrons. The second-order valence-corrected chi connectivity index (χ2v) is 7.36. The summed E-state index contributed by atoms with van der Waals surface area (Å²) in [5.41, 5.74) is 3.89. The largest absolute Gasteiger partial charge is 0.491 e. The Bertz CT molecular complexity index is 742. The minimum absolute atomic E-state index is 0.200. The van der Waals surface area contributed by atoms with Gasteiger partial charge in [-0.15, -0.1) is 0 Å². The van der Waals surface area contributed by atoms with Gasteiger partial charge in [-0.3, -0.25) is 0 Å². The minimum atomic E-state index is -0.559. The first-order valence-electron chi connectivity index (χ1n) is 9.82. The van der Waals surface area contributed by atoms with Crippen LogP contribution in [0.15, 0.2) is 48.5 Å². The number of aryl methyl sites for hydroxylation is 2. The van der Waals surface area contributed by atoms with Gasteiger partial charge in [-0.25, -0.2) is 0 Å². The Hall–Kier alpha value is -2.17. The van der Waals surface area contributed by atoms with Crippen LogP contribution in [0.5, 0.6) is 5.75 Å². The predicted octanol–water partition coefficient (Wildman–Crippen LogP) is 3.62. The van der Waals surface area contributed by atoms with Crippen LogP contribution >= 0.6 is 0 Å². The van der Waals surface area contributed by atoms with Gasteiger partial charge in [0.25, 0.3) is 0 Å². The molecule has 0 radical (unpaired) electrons. The van der Waals surface area contributed by atoms with E-state index in [-0.39, 0.29) is 12.4 Å². The Labute approximate surface area is 161 Å². The molecule has 0 spiro atoms. The molecule has 2 N–H and O–H groups in total. The summed E-state index contributed by atoms with van der Waals surface area (Å²) in [6, 6.07) is 16.6. The Morgan fingerprint density at radius 2 is 2.00 bits per heavy atom. The van der Waals surface area contributed by atoms with E-state index in [4.69, 9.17) is 4.74 Å². The van der Waals surface area contributed by atoms with E-state index in [0.717, 1.165) is 30.6 Å². The predicted molar refractivity (Wildman–Crippen MR) is 107 cm³/mol. The molecule has 4 heteroatoms. The normalized spacial score (nSPS) is 17.2. The second-order valence-electron chi connectivity index (χ2n) is 7.36. The topological polar surface area (TPSA) is 58.6 Å². The summed E-state index contributed by atoms with van der Waals surface area (Å²) in [5.74, 6) is 0.940. The molecule has 3 rings (SSSR count). The number of ether oxygens (including phenoxy) is 1. The van der Waals surface area contributed by atoms with Crippen LogP contribution in [0.4, 0.5) is 0 Å². The van der Waals surface area contributed by atoms with Gasteiger partial charge in [0.15, 0.2) is 0 Å². The van der Waals surface area contributed by atoms with Crippen molar-refractivity contribution in [2.45, 2.75) is 51.2 Å². The fourth-order valence-electron chi connectivity index (χ4n) is 3.57. The SMILES string of the molecule is CC(=O)CCc1ccc(OC[C@@H](O)CN[C@H]2CCCc3ccccc32)cc1. The number of benzene rings is 2. The zero-order valence-electron chi connectivity index (χ0n) is 16.0. The van der Waals surface area contributed by atoms with Crippen LogP contribution in [0, 0.1) is 0 Å². The number of hydrogen-bond acceptors (Lipinski definition) is 4. The van der Waals surface area contributed by atoms with Crippen molar-refractivity contribution in [3.05, 3.63) is 65.2 Å². The van der Waals surface area contributed by atoms with Gasteiger partial charge in [-0.1, -0.05) is 36.4 Å². The first-order chi connectivity index (χ1) is 13.1. The fraction of sp³-hybridized carbons (Fsp3) is 0.435. The Morgan fingerprint density at radius 3 is 2.78 bits per heavy atom. The number of fused-ring (bicyclic) bond motifs is 1. The molecule has 0 unspecified atom stereocenters. The second kappa shape index (κ2) is 9.67. The summed E-state index contributed by atoms with van der Waals surface area (Å²) in [4.78, 5) is 11.0. The van der Waals surface area contributed by atoms with Crippen molar-refractivity contribution in [1.29, 1.82) is 0 Å². The van der Waals surface area contributed by atoms with Crippen molar-refractivity contribution in [1.82, 2.24) is 5.32 Å². The maximum atomic E-state index is 11.0. The number of nitrogens with one attached hydrogen (secondary N) is 1. The highest BCUT2D eigenvalue weighted by atomic mass is 16.5. The van der Waals surface area contributed by atoms with E-state index in [1.807, 2.05) is 24.3 Å². The molecule has 0 aromatic heterocycles. The van der Waals surface area contributed by atoms with Gasteiger partial charge in [-0.2, -0.15) is 0 Å². The average molecular weight is 367 g/mol. The van der Waals surface area contributed by atoms with E-state index < -0.39 is 6.10 Å². The van der Waals surface area contributed by atoms with Crippen molar-refractivity contribution >= 4 is 5.78 Å². The number of Topliss-reactive ketones (excluding diaryl/α,β-unsaturated/α-hetero) is 1. The molecule has 1 aliphatic rings. The molecule has 0 amide bonds. The van der Waals surface area contributed by atoms with Crippen molar-refractivity contribution in [3.8, 4) is 5.75 Å². The van der Waals surface area contributed by atoms with Gasteiger partial charge < -0.3 is 20.0 Å². The lowest BCUT2D eigenvalue weighted by Crippen LogP contribution is -2.35. The van der Waals surface area contributed by atoms with Gasteiger partial charge in [0.2, 0.25) is 0 Å². The molecular weight excluding hydrogens is 338 g/mol. The van der Waals surface area contributed by atoms with Gasteiger partial charge >= 0.3 is 0 Å². The third kappa shape index (κ3) is 5.91. The lowest BCUT2D eigenvalue weighted by Gasteiger charge is -2.27. The van der Waals surface area contributed by atoms with Crippen LogP contribution in [0.25, 0.3) is 0 Å². The molecule has 2 aromatic carbocycles. The molecule has 0 saturated carbocycles. The zero-order valence-corrected chi connectivity index (χ0v) is 16.0. The van der Waals surface area contributed by atoms with Crippen molar-refractivity contribution < 1.29 is 14.6 Å². The number of carbonyl (C=O) groups is 1. The van der Waals surface area contributed by atoms with Gasteiger partial charge in [-0.05, 0) is 61.4 Å². The van der Waals surface area contributed by atoms with Crippen LogP contribution < -0.4 is 10.1 Å². The number of aliphatic hydroxyl groups excluding tert-OH is 1. The molecule has 2 atom stereocenters. The lowest BCUT2D eigenvalue weighted by molar-refractivity contribution is -0.116. The molecule has 27 heavy (non-hydrogen) atoms. The number of hydrogen-bond donors (Lipinski definition) is 2. The number of ketones is 1. The Kier molecular flexibility index (Phi) is 7.02. The van der Waals surface area contributed by atoms with Crippen LogP contribution in [0.3, 0.4) is 0 Å².